The van der Waals surface area contributed by atoms with Crippen LogP contribution in [0, 0.1) is 0 Å². The second-order valence-corrected chi connectivity index (χ2v) is 7.53. The van der Waals surface area contributed by atoms with Gasteiger partial charge in [-0.1, -0.05) is 24.3 Å². The minimum atomic E-state index is -0.0505. The van der Waals surface area contributed by atoms with Crippen LogP contribution < -0.4 is 18.9 Å². The van der Waals surface area contributed by atoms with Gasteiger partial charge in [-0.2, -0.15) is 0 Å². The summed E-state index contributed by atoms with van der Waals surface area (Å²) in [5, 5.41) is 1.02. The van der Waals surface area contributed by atoms with Gasteiger partial charge in [0, 0.05) is 10.9 Å². The standard InChI is InChI=1S/C26H24O6/c1-27-17-10-8-15(9-11-17)24-25(32-24)18-6-5-7-20-23(18)19(14-31-20)16-12-21(28-2)26(30-4)22(13-16)29-3/h5-14,24-25H,1-4H3/t24-,25-/m1/s1. The summed E-state index contributed by atoms with van der Waals surface area (Å²) in [6, 6.07) is 17.9. The summed E-state index contributed by atoms with van der Waals surface area (Å²) in [7, 11) is 6.47. The summed E-state index contributed by atoms with van der Waals surface area (Å²) >= 11 is 0. The van der Waals surface area contributed by atoms with Crippen molar-refractivity contribution in [3.8, 4) is 34.1 Å². The van der Waals surface area contributed by atoms with Crippen LogP contribution in [0.2, 0.25) is 0 Å². The van der Waals surface area contributed by atoms with Gasteiger partial charge >= 0.3 is 0 Å². The van der Waals surface area contributed by atoms with Crippen molar-refractivity contribution >= 4 is 11.0 Å². The van der Waals surface area contributed by atoms with E-state index in [2.05, 4.69) is 6.07 Å². The van der Waals surface area contributed by atoms with Crippen LogP contribution in [0.25, 0.3) is 22.1 Å². The molecule has 4 aromatic rings. The third-order valence-corrected chi connectivity index (χ3v) is 5.85. The van der Waals surface area contributed by atoms with E-state index >= 15 is 0 Å². The minimum absolute atomic E-state index is 0.00537. The molecule has 0 spiro atoms. The number of epoxide rings is 1. The van der Waals surface area contributed by atoms with Crippen LogP contribution >= 0.6 is 0 Å². The molecule has 3 aromatic carbocycles. The lowest BCUT2D eigenvalue weighted by atomic mass is 9.96. The average Bonchev–Trinajstić information content (AvgIpc) is 3.53. The number of rotatable bonds is 7. The van der Waals surface area contributed by atoms with Crippen molar-refractivity contribution in [2.24, 2.45) is 0 Å². The Morgan fingerprint density at radius 1 is 0.750 bits per heavy atom. The largest absolute Gasteiger partial charge is 0.497 e. The van der Waals surface area contributed by atoms with Gasteiger partial charge in [0.25, 0.3) is 0 Å². The van der Waals surface area contributed by atoms with E-state index in [4.69, 9.17) is 28.1 Å². The molecule has 164 valence electrons. The summed E-state index contributed by atoms with van der Waals surface area (Å²) in [5.41, 5.74) is 4.85. The van der Waals surface area contributed by atoms with Gasteiger partial charge in [-0.05, 0) is 47.0 Å². The molecule has 1 fully saturated rings. The number of furan rings is 1. The smallest absolute Gasteiger partial charge is 0.203 e. The Morgan fingerprint density at radius 2 is 1.47 bits per heavy atom. The van der Waals surface area contributed by atoms with E-state index in [-0.39, 0.29) is 12.2 Å². The van der Waals surface area contributed by atoms with Gasteiger partial charge < -0.3 is 28.1 Å². The first kappa shape index (κ1) is 20.3. The van der Waals surface area contributed by atoms with Crippen molar-refractivity contribution < 1.29 is 28.1 Å². The highest BCUT2D eigenvalue weighted by molar-refractivity contribution is 5.97. The van der Waals surface area contributed by atoms with Crippen LogP contribution in [0.3, 0.4) is 0 Å². The van der Waals surface area contributed by atoms with Gasteiger partial charge in [0.15, 0.2) is 11.5 Å². The van der Waals surface area contributed by atoms with Crippen molar-refractivity contribution in [2.75, 3.05) is 28.4 Å². The maximum atomic E-state index is 6.11. The first-order valence-electron chi connectivity index (χ1n) is 10.3. The van der Waals surface area contributed by atoms with E-state index in [1.807, 2.05) is 48.5 Å². The highest BCUT2D eigenvalue weighted by atomic mass is 16.6. The van der Waals surface area contributed by atoms with Crippen molar-refractivity contribution in [2.45, 2.75) is 12.2 Å². The lowest BCUT2D eigenvalue weighted by Gasteiger charge is -2.14. The van der Waals surface area contributed by atoms with Crippen molar-refractivity contribution in [1.29, 1.82) is 0 Å². The fourth-order valence-electron chi connectivity index (χ4n) is 4.20. The van der Waals surface area contributed by atoms with Crippen LogP contribution in [0.4, 0.5) is 0 Å². The van der Waals surface area contributed by atoms with E-state index in [0.717, 1.165) is 39.0 Å². The lowest BCUT2D eigenvalue weighted by molar-refractivity contribution is 0.324. The Labute approximate surface area is 186 Å². The van der Waals surface area contributed by atoms with Gasteiger partial charge in [-0.15, -0.1) is 0 Å². The molecule has 32 heavy (non-hydrogen) atoms. The molecule has 0 bridgehead atoms. The predicted octanol–water partition coefficient (Wildman–Crippen LogP) is 5.95. The summed E-state index contributed by atoms with van der Waals surface area (Å²) < 4.78 is 33.8. The SMILES string of the molecule is COc1ccc([C@H]2O[C@@H]2c2cccc3occ(-c4cc(OC)c(OC)c(OC)c4)c23)cc1. The van der Waals surface area contributed by atoms with E-state index in [1.165, 1.54) is 0 Å². The van der Waals surface area contributed by atoms with Gasteiger partial charge in [0.2, 0.25) is 5.75 Å². The van der Waals surface area contributed by atoms with E-state index in [0.29, 0.717) is 17.2 Å². The molecule has 0 N–H and O–H groups in total. The highest BCUT2D eigenvalue weighted by Crippen LogP contribution is 2.54. The number of methoxy groups -OCH3 is 4. The van der Waals surface area contributed by atoms with Crippen molar-refractivity contribution in [3.63, 3.8) is 0 Å². The van der Waals surface area contributed by atoms with E-state index < -0.39 is 0 Å². The molecule has 1 saturated heterocycles. The molecule has 0 amide bonds. The Morgan fingerprint density at radius 3 is 2.09 bits per heavy atom. The normalized spacial score (nSPS) is 17.2. The Bertz CT molecular complexity index is 1230. The zero-order chi connectivity index (χ0) is 22.2. The molecule has 0 saturated carbocycles. The molecule has 1 aromatic heterocycles. The number of fused-ring (bicyclic) bond motifs is 1. The topological polar surface area (TPSA) is 62.6 Å². The summed E-state index contributed by atoms with van der Waals surface area (Å²) in [4.78, 5) is 0. The van der Waals surface area contributed by atoms with Gasteiger partial charge in [0.1, 0.15) is 23.5 Å². The molecule has 2 heterocycles. The summed E-state index contributed by atoms with van der Waals surface area (Å²) in [6.45, 7) is 0. The van der Waals surface area contributed by atoms with Crippen molar-refractivity contribution in [1.82, 2.24) is 0 Å². The number of benzene rings is 3. The third kappa shape index (κ3) is 3.33. The van der Waals surface area contributed by atoms with Crippen LogP contribution in [0.1, 0.15) is 23.3 Å². The van der Waals surface area contributed by atoms with Gasteiger partial charge in [-0.3, -0.25) is 0 Å². The summed E-state index contributed by atoms with van der Waals surface area (Å²) in [5.74, 6) is 2.56. The second kappa shape index (κ2) is 8.13. The zero-order valence-electron chi connectivity index (χ0n) is 18.4. The van der Waals surface area contributed by atoms with Crippen LogP contribution in [0.5, 0.6) is 23.0 Å². The maximum Gasteiger partial charge on any atom is 0.203 e. The molecular weight excluding hydrogens is 408 g/mol. The van der Waals surface area contributed by atoms with Crippen LogP contribution in [-0.2, 0) is 4.74 Å². The number of hydrogen-bond donors (Lipinski definition) is 0. The Balaban J connectivity index is 1.58. The molecule has 0 aliphatic carbocycles. The average molecular weight is 432 g/mol. The first-order chi connectivity index (χ1) is 15.7. The fraction of sp³-hybridized carbons (Fsp3) is 0.231. The minimum Gasteiger partial charge on any atom is -0.497 e. The predicted molar refractivity (Wildman–Crippen MR) is 121 cm³/mol. The molecule has 0 radical (unpaired) electrons. The quantitative estimate of drug-likeness (QED) is 0.337. The Hall–Kier alpha value is -3.64. The first-order valence-corrected chi connectivity index (χ1v) is 10.3. The molecular formula is C26H24O6. The van der Waals surface area contributed by atoms with Gasteiger partial charge in [-0.25, -0.2) is 0 Å². The maximum absolute atomic E-state index is 6.11. The molecule has 2 atom stereocenters. The molecule has 6 heteroatoms. The summed E-state index contributed by atoms with van der Waals surface area (Å²) in [6.07, 6.45) is 1.71. The lowest BCUT2D eigenvalue weighted by Crippen LogP contribution is -1.95. The zero-order valence-corrected chi connectivity index (χ0v) is 18.4. The third-order valence-electron chi connectivity index (χ3n) is 5.85. The van der Waals surface area contributed by atoms with E-state index in [1.54, 1.807) is 34.7 Å². The molecule has 5 rings (SSSR count). The monoisotopic (exact) mass is 432 g/mol. The van der Waals surface area contributed by atoms with Crippen LogP contribution in [0.15, 0.2) is 65.3 Å². The highest BCUT2D eigenvalue weighted by Gasteiger charge is 2.43. The number of hydrogen-bond acceptors (Lipinski definition) is 6. The molecule has 0 unspecified atom stereocenters. The fourth-order valence-corrected chi connectivity index (χ4v) is 4.20. The second-order valence-electron chi connectivity index (χ2n) is 7.53. The van der Waals surface area contributed by atoms with Gasteiger partial charge in [0.05, 0.1) is 34.7 Å². The van der Waals surface area contributed by atoms with E-state index in [9.17, 15) is 0 Å². The molecule has 1 aliphatic rings. The molecule has 6 nitrogen and oxygen atoms in total. The Kier molecular flexibility index (Phi) is 5.15. The van der Waals surface area contributed by atoms with Crippen LogP contribution in [-0.4, -0.2) is 28.4 Å². The molecule has 1 aliphatic heterocycles. The number of ether oxygens (including phenoxy) is 5. The van der Waals surface area contributed by atoms with Crippen molar-refractivity contribution in [3.05, 3.63) is 72.0 Å².